The lowest BCUT2D eigenvalue weighted by Gasteiger charge is -2.22. The fourth-order valence-corrected chi connectivity index (χ4v) is 1.27. The summed E-state index contributed by atoms with van der Waals surface area (Å²) in [6.07, 6.45) is 2.15. The first-order valence-electron chi connectivity index (χ1n) is 4.77. The molecule has 0 aliphatic carbocycles. The first kappa shape index (κ1) is 10.3. The Morgan fingerprint density at radius 1 is 1.53 bits per heavy atom. The fourth-order valence-electron chi connectivity index (χ4n) is 1.27. The van der Waals surface area contributed by atoms with E-state index in [0.717, 1.165) is 25.5 Å². The standard InChI is InChI=1S/C9H12FN3O2/c10-7-3-12-9(13-4-7)15-6-8-5-11-1-2-14-8/h3-4,8,11H,1-2,5-6H2. The maximum absolute atomic E-state index is 12.5. The molecule has 0 radical (unpaired) electrons. The van der Waals surface area contributed by atoms with Crippen LogP contribution < -0.4 is 10.1 Å². The molecular formula is C9H12FN3O2. The normalized spacial score (nSPS) is 21.3. The van der Waals surface area contributed by atoms with Crippen LogP contribution in [0.2, 0.25) is 0 Å². The summed E-state index contributed by atoms with van der Waals surface area (Å²) in [6.45, 7) is 2.67. The second-order valence-corrected chi connectivity index (χ2v) is 3.19. The van der Waals surface area contributed by atoms with Crippen LogP contribution in [0.15, 0.2) is 12.4 Å². The van der Waals surface area contributed by atoms with Gasteiger partial charge in [-0.15, -0.1) is 0 Å². The summed E-state index contributed by atoms with van der Waals surface area (Å²) < 4.78 is 23.1. The molecule has 2 rings (SSSR count). The summed E-state index contributed by atoms with van der Waals surface area (Å²) in [7, 11) is 0. The van der Waals surface area contributed by atoms with Gasteiger partial charge in [0.05, 0.1) is 19.0 Å². The van der Waals surface area contributed by atoms with Crippen LogP contribution in [0.4, 0.5) is 4.39 Å². The van der Waals surface area contributed by atoms with Crippen molar-refractivity contribution in [3.63, 3.8) is 0 Å². The Kier molecular flexibility index (Phi) is 3.41. The predicted molar refractivity (Wildman–Crippen MR) is 50.1 cm³/mol. The summed E-state index contributed by atoms with van der Waals surface area (Å²) in [5, 5.41) is 3.17. The van der Waals surface area contributed by atoms with Crippen LogP contribution in [0.3, 0.4) is 0 Å². The Morgan fingerprint density at radius 2 is 2.33 bits per heavy atom. The number of nitrogens with zero attached hydrogens (tertiary/aromatic N) is 2. The Balaban J connectivity index is 1.79. The van der Waals surface area contributed by atoms with Crippen LogP contribution in [0.5, 0.6) is 6.01 Å². The van der Waals surface area contributed by atoms with Crippen LogP contribution in [0.1, 0.15) is 0 Å². The van der Waals surface area contributed by atoms with E-state index in [1.165, 1.54) is 0 Å². The molecule has 2 heterocycles. The van der Waals surface area contributed by atoms with Gasteiger partial charge in [-0.2, -0.15) is 0 Å². The third kappa shape index (κ3) is 3.10. The highest BCUT2D eigenvalue weighted by Gasteiger charge is 2.14. The molecule has 82 valence electrons. The van der Waals surface area contributed by atoms with Crippen LogP contribution >= 0.6 is 0 Å². The minimum atomic E-state index is -0.474. The zero-order valence-electron chi connectivity index (χ0n) is 8.15. The molecule has 1 N–H and O–H groups in total. The molecule has 0 aromatic carbocycles. The molecule has 0 spiro atoms. The van der Waals surface area contributed by atoms with E-state index in [4.69, 9.17) is 9.47 Å². The molecule has 0 amide bonds. The number of aromatic nitrogens is 2. The summed E-state index contributed by atoms with van der Waals surface area (Å²) in [4.78, 5) is 7.36. The van der Waals surface area contributed by atoms with E-state index >= 15 is 0 Å². The SMILES string of the molecule is Fc1cnc(OCC2CNCCO2)nc1. The van der Waals surface area contributed by atoms with E-state index in [0.29, 0.717) is 13.2 Å². The zero-order chi connectivity index (χ0) is 10.5. The van der Waals surface area contributed by atoms with Crippen molar-refractivity contribution in [3.05, 3.63) is 18.2 Å². The third-order valence-electron chi connectivity index (χ3n) is 2.00. The Labute approximate surface area is 86.6 Å². The average molecular weight is 213 g/mol. The zero-order valence-corrected chi connectivity index (χ0v) is 8.15. The molecule has 0 bridgehead atoms. The number of hydrogen-bond acceptors (Lipinski definition) is 5. The van der Waals surface area contributed by atoms with Gasteiger partial charge in [-0.3, -0.25) is 0 Å². The Hall–Kier alpha value is -1.27. The summed E-state index contributed by atoms with van der Waals surface area (Å²) in [6, 6.07) is 0.172. The molecular weight excluding hydrogens is 201 g/mol. The minimum absolute atomic E-state index is 0.00685. The molecule has 1 atom stereocenters. The van der Waals surface area contributed by atoms with E-state index in [1.807, 2.05) is 0 Å². The van der Waals surface area contributed by atoms with E-state index in [9.17, 15) is 4.39 Å². The number of morpholine rings is 1. The number of ether oxygens (including phenoxy) is 2. The quantitative estimate of drug-likeness (QED) is 0.765. The molecule has 1 unspecified atom stereocenters. The molecule has 0 saturated carbocycles. The van der Waals surface area contributed by atoms with Crippen LogP contribution in [-0.4, -0.2) is 42.4 Å². The van der Waals surface area contributed by atoms with Crippen LogP contribution in [0, 0.1) is 5.82 Å². The molecule has 1 aliphatic heterocycles. The predicted octanol–water partition coefficient (Wildman–Crippen LogP) is -0.0171. The van der Waals surface area contributed by atoms with Gasteiger partial charge in [0.15, 0.2) is 5.82 Å². The molecule has 1 aromatic heterocycles. The molecule has 6 heteroatoms. The molecule has 1 saturated heterocycles. The number of halogens is 1. The lowest BCUT2D eigenvalue weighted by molar-refractivity contribution is -0.00182. The second-order valence-electron chi connectivity index (χ2n) is 3.19. The average Bonchev–Trinajstić information content (AvgIpc) is 2.30. The lowest BCUT2D eigenvalue weighted by atomic mass is 10.3. The highest BCUT2D eigenvalue weighted by molar-refractivity contribution is 4.95. The van der Waals surface area contributed by atoms with Gasteiger partial charge in [0.2, 0.25) is 0 Å². The first-order chi connectivity index (χ1) is 7.34. The Bertz CT molecular complexity index is 301. The molecule has 1 aliphatic rings. The highest BCUT2D eigenvalue weighted by atomic mass is 19.1. The van der Waals surface area contributed by atoms with E-state index in [1.54, 1.807) is 0 Å². The van der Waals surface area contributed by atoms with Gasteiger partial charge in [0.25, 0.3) is 0 Å². The smallest absolute Gasteiger partial charge is 0.316 e. The lowest BCUT2D eigenvalue weighted by Crippen LogP contribution is -2.41. The maximum Gasteiger partial charge on any atom is 0.316 e. The van der Waals surface area contributed by atoms with Crippen molar-refractivity contribution < 1.29 is 13.9 Å². The maximum atomic E-state index is 12.5. The van der Waals surface area contributed by atoms with Gasteiger partial charge >= 0.3 is 6.01 Å². The number of rotatable bonds is 3. The summed E-state index contributed by atoms with van der Waals surface area (Å²) >= 11 is 0. The molecule has 15 heavy (non-hydrogen) atoms. The van der Waals surface area contributed by atoms with Crippen molar-refractivity contribution in [3.8, 4) is 6.01 Å². The second kappa shape index (κ2) is 4.99. The monoisotopic (exact) mass is 213 g/mol. The minimum Gasteiger partial charge on any atom is -0.461 e. The van der Waals surface area contributed by atoms with Crippen molar-refractivity contribution in [2.45, 2.75) is 6.10 Å². The fraction of sp³-hybridized carbons (Fsp3) is 0.556. The molecule has 1 aromatic rings. The van der Waals surface area contributed by atoms with Gasteiger partial charge in [0.1, 0.15) is 12.7 Å². The van der Waals surface area contributed by atoms with Gasteiger partial charge in [-0.1, -0.05) is 0 Å². The Morgan fingerprint density at radius 3 is 3.00 bits per heavy atom. The van der Waals surface area contributed by atoms with Crippen molar-refractivity contribution >= 4 is 0 Å². The van der Waals surface area contributed by atoms with Crippen molar-refractivity contribution in [1.29, 1.82) is 0 Å². The first-order valence-corrected chi connectivity index (χ1v) is 4.77. The van der Waals surface area contributed by atoms with Gasteiger partial charge in [0, 0.05) is 13.1 Å². The highest BCUT2D eigenvalue weighted by Crippen LogP contribution is 2.03. The van der Waals surface area contributed by atoms with Gasteiger partial charge in [-0.05, 0) is 0 Å². The molecule has 5 nitrogen and oxygen atoms in total. The van der Waals surface area contributed by atoms with Crippen molar-refractivity contribution in [1.82, 2.24) is 15.3 Å². The van der Waals surface area contributed by atoms with Crippen molar-refractivity contribution in [2.75, 3.05) is 26.3 Å². The summed E-state index contributed by atoms with van der Waals surface area (Å²) in [5.74, 6) is -0.474. The third-order valence-corrected chi connectivity index (χ3v) is 2.00. The molecule has 1 fully saturated rings. The number of nitrogens with one attached hydrogen (secondary N) is 1. The van der Waals surface area contributed by atoms with E-state index in [-0.39, 0.29) is 12.1 Å². The van der Waals surface area contributed by atoms with Crippen molar-refractivity contribution in [2.24, 2.45) is 0 Å². The van der Waals surface area contributed by atoms with Gasteiger partial charge < -0.3 is 14.8 Å². The van der Waals surface area contributed by atoms with E-state index < -0.39 is 5.82 Å². The van der Waals surface area contributed by atoms with Gasteiger partial charge in [-0.25, -0.2) is 14.4 Å². The number of hydrogen-bond donors (Lipinski definition) is 1. The topological polar surface area (TPSA) is 56.3 Å². The van der Waals surface area contributed by atoms with Crippen LogP contribution in [-0.2, 0) is 4.74 Å². The van der Waals surface area contributed by atoms with E-state index in [2.05, 4.69) is 15.3 Å². The van der Waals surface area contributed by atoms with Crippen LogP contribution in [0.25, 0.3) is 0 Å². The summed E-state index contributed by atoms with van der Waals surface area (Å²) in [5.41, 5.74) is 0. The largest absolute Gasteiger partial charge is 0.461 e.